The topological polar surface area (TPSA) is 124 Å². The molecule has 7 nitrogen and oxygen atoms in total. The Kier molecular flexibility index (Phi) is 38.2. The lowest BCUT2D eigenvalue weighted by atomic mass is 10.0. The van der Waals surface area contributed by atoms with Gasteiger partial charge in [0.05, 0.1) is 17.9 Å². The maximum atomic E-state index is 12.6. The molecule has 0 saturated heterocycles. The average molecular weight is 780 g/mol. The second-order valence-electron chi connectivity index (χ2n) is 15.5. The van der Waals surface area contributed by atoms with Crippen molar-refractivity contribution in [3.05, 3.63) is 48.6 Å². The van der Waals surface area contributed by atoms with E-state index in [0.29, 0.717) is 12.8 Å². The Labute approximate surface area is 333 Å². The lowest BCUT2D eigenvalue weighted by molar-refractivity contribution is -0.130. The van der Waals surface area contributed by atoms with Crippen LogP contribution >= 0.6 is 0 Å². The van der Waals surface area contributed by atoms with Crippen molar-refractivity contribution in [1.29, 1.82) is 0 Å². The van der Waals surface area contributed by atoms with E-state index in [1.165, 1.54) is 128 Å². The highest BCUT2D eigenvalue weighted by molar-refractivity contribution is 7.85. The van der Waals surface area contributed by atoms with Gasteiger partial charge in [0.15, 0.2) is 0 Å². The number of aliphatic hydroxyl groups excluding tert-OH is 2. The van der Waals surface area contributed by atoms with Crippen molar-refractivity contribution in [3.63, 3.8) is 0 Å². The van der Waals surface area contributed by atoms with Gasteiger partial charge in [0.1, 0.15) is 6.10 Å². The molecule has 54 heavy (non-hydrogen) atoms. The van der Waals surface area contributed by atoms with Crippen LogP contribution in [0.1, 0.15) is 213 Å². The number of carbonyl (C=O) groups excluding carboxylic acids is 1. The van der Waals surface area contributed by atoms with Gasteiger partial charge in [0.2, 0.25) is 5.91 Å². The van der Waals surface area contributed by atoms with Crippen LogP contribution in [0, 0.1) is 0 Å². The van der Waals surface area contributed by atoms with Gasteiger partial charge in [-0.1, -0.05) is 197 Å². The van der Waals surface area contributed by atoms with Gasteiger partial charge in [-0.3, -0.25) is 9.35 Å². The number of amides is 1. The van der Waals surface area contributed by atoms with E-state index in [1.807, 2.05) is 0 Å². The third-order valence-corrected chi connectivity index (χ3v) is 10.9. The molecule has 4 N–H and O–H groups in total. The molecule has 0 bridgehead atoms. The Morgan fingerprint density at radius 2 is 0.889 bits per heavy atom. The first-order valence-electron chi connectivity index (χ1n) is 22.4. The van der Waals surface area contributed by atoms with Crippen LogP contribution in [0.15, 0.2) is 48.6 Å². The summed E-state index contributed by atoms with van der Waals surface area (Å²) in [7, 11) is -4.46. The van der Waals surface area contributed by atoms with E-state index in [-0.39, 0.29) is 6.42 Å². The molecule has 0 radical (unpaired) electrons. The number of rotatable bonds is 40. The highest BCUT2D eigenvalue weighted by Gasteiger charge is 2.27. The Morgan fingerprint density at radius 1 is 0.519 bits per heavy atom. The van der Waals surface area contributed by atoms with Gasteiger partial charge in [-0.15, -0.1) is 0 Å². The van der Waals surface area contributed by atoms with Crippen LogP contribution in [0.25, 0.3) is 0 Å². The molecule has 1 amide bonds. The zero-order valence-electron chi connectivity index (χ0n) is 35.0. The van der Waals surface area contributed by atoms with Gasteiger partial charge in [0.25, 0.3) is 10.1 Å². The van der Waals surface area contributed by atoms with E-state index in [9.17, 15) is 28.0 Å². The third-order valence-electron chi connectivity index (χ3n) is 10.1. The molecule has 0 fully saturated rings. The fraction of sp³-hybridized carbons (Fsp3) is 0.804. The molecule has 0 aliphatic carbocycles. The Morgan fingerprint density at radius 3 is 1.33 bits per heavy atom. The molecule has 0 spiro atoms. The van der Waals surface area contributed by atoms with Crippen molar-refractivity contribution in [3.8, 4) is 0 Å². The lowest BCUT2D eigenvalue weighted by Gasteiger charge is -2.22. The average Bonchev–Trinajstić information content (AvgIpc) is 3.14. The van der Waals surface area contributed by atoms with Crippen molar-refractivity contribution < 1.29 is 28.0 Å². The van der Waals surface area contributed by atoms with Crippen LogP contribution < -0.4 is 5.32 Å². The largest absolute Gasteiger partial charge is 0.387 e. The summed E-state index contributed by atoms with van der Waals surface area (Å²) >= 11 is 0. The smallest absolute Gasteiger partial charge is 0.267 e. The second-order valence-corrected chi connectivity index (χ2v) is 17.0. The van der Waals surface area contributed by atoms with Crippen LogP contribution in [-0.2, 0) is 14.9 Å². The second kappa shape index (κ2) is 39.5. The van der Waals surface area contributed by atoms with E-state index in [4.69, 9.17) is 0 Å². The van der Waals surface area contributed by atoms with E-state index in [2.05, 4.69) is 55.6 Å². The summed E-state index contributed by atoms with van der Waals surface area (Å²) in [5.74, 6) is -1.57. The van der Waals surface area contributed by atoms with Gasteiger partial charge < -0.3 is 15.5 Å². The SMILES string of the molecule is CCCCCCCCCCC/C=C\C/C=C\CCCCCCCCC(O)C(=O)NC(CS(=O)(=O)O)C(O)/C=C/CC/C=C/CCCCCCCCCCC. The molecule has 0 aromatic heterocycles. The zero-order chi connectivity index (χ0) is 39.8. The Bertz CT molecular complexity index is 1050. The zero-order valence-corrected chi connectivity index (χ0v) is 35.8. The normalized spacial score (nSPS) is 14.2. The summed E-state index contributed by atoms with van der Waals surface area (Å²) in [5, 5.41) is 23.4. The van der Waals surface area contributed by atoms with Crippen LogP contribution in [0.3, 0.4) is 0 Å². The predicted molar refractivity (Wildman–Crippen MR) is 231 cm³/mol. The molecule has 0 heterocycles. The van der Waals surface area contributed by atoms with Gasteiger partial charge in [-0.05, 0) is 64.2 Å². The number of carbonyl (C=O) groups is 1. The number of nitrogens with one attached hydrogen (secondary N) is 1. The molecule has 0 aromatic rings. The van der Waals surface area contributed by atoms with Crippen molar-refractivity contribution >= 4 is 16.0 Å². The van der Waals surface area contributed by atoms with E-state index >= 15 is 0 Å². The van der Waals surface area contributed by atoms with Gasteiger partial charge in [-0.25, -0.2) is 0 Å². The summed E-state index contributed by atoms with van der Waals surface area (Å²) in [6.07, 6.45) is 50.3. The molecular weight excluding hydrogens is 695 g/mol. The van der Waals surface area contributed by atoms with Crippen molar-refractivity contribution in [2.45, 2.75) is 231 Å². The molecule has 0 aliphatic rings. The van der Waals surface area contributed by atoms with Crippen molar-refractivity contribution in [2.75, 3.05) is 5.75 Å². The lowest BCUT2D eigenvalue weighted by Crippen LogP contribution is -2.50. The summed E-state index contributed by atoms with van der Waals surface area (Å²) in [4.78, 5) is 12.6. The first kappa shape index (κ1) is 52.3. The minimum Gasteiger partial charge on any atom is -0.387 e. The summed E-state index contributed by atoms with van der Waals surface area (Å²) in [5.41, 5.74) is 0. The quantitative estimate of drug-likeness (QED) is 0.0279. The van der Waals surface area contributed by atoms with Crippen molar-refractivity contribution in [1.82, 2.24) is 5.32 Å². The number of hydrogen-bond acceptors (Lipinski definition) is 5. The third kappa shape index (κ3) is 38.5. The fourth-order valence-corrected chi connectivity index (χ4v) is 7.35. The molecule has 8 heteroatoms. The molecule has 0 aliphatic heterocycles. The molecule has 0 aromatic carbocycles. The van der Waals surface area contributed by atoms with E-state index in [1.54, 1.807) is 6.08 Å². The Balaban J connectivity index is 4.03. The van der Waals surface area contributed by atoms with Crippen molar-refractivity contribution in [2.24, 2.45) is 0 Å². The molecule has 0 saturated carbocycles. The molecule has 3 atom stereocenters. The standard InChI is InChI=1S/C46H85NO6S/c1-3-5-7-9-11-13-15-17-19-20-21-22-23-24-25-27-29-31-33-35-37-39-41-45(49)46(50)47-43(42-54(51,52)53)44(48)40-38-36-34-32-30-28-26-18-16-14-12-10-8-6-4-2/h21-22,24-25,30,32,38,40,43-45,48-49H,3-20,23,26-29,31,33-37,39,41-42H2,1-2H3,(H,47,50)(H,51,52,53)/b22-21-,25-24-,32-30+,40-38+. The maximum Gasteiger partial charge on any atom is 0.267 e. The number of hydrogen-bond donors (Lipinski definition) is 4. The minimum atomic E-state index is -4.46. The van der Waals surface area contributed by atoms with Crippen LogP contribution in [0.5, 0.6) is 0 Å². The van der Waals surface area contributed by atoms with E-state index in [0.717, 1.165) is 57.8 Å². The first-order chi connectivity index (χ1) is 26.2. The number of allylic oxidation sites excluding steroid dienone is 7. The highest BCUT2D eigenvalue weighted by Crippen LogP contribution is 2.14. The predicted octanol–water partition coefficient (Wildman–Crippen LogP) is 12.4. The summed E-state index contributed by atoms with van der Waals surface area (Å²) in [6, 6.07) is -1.25. The molecular formula is C46H85NO6S. The monoisotopic (exact) mass is 780 g/mol. The summed E-state index contributed by atoms with van der Waals surface area (Å²) in [6.45, 7) is 4.51. The maximum absolute atomic E-state index is 12.6. The van der Waals surface area contributed by atoms with E-state index < -0.39 is 40.0 Å². The Hall–Kier alpha value is -1.74. The van der Waals surface area contributed by atoms with Gasteiger partial charge in [0, 0.05) is 0 Å². The first-order valence-corrected chi connectivity index (χ1v) is 24.1. The number of unbranched alkanes of at least 4 members (excludes halogenated alkanes) is 25. The van der Waals surface area contributed by atoms with Crippen LogP contribution in [0.4, 0.5) is 0 Å². The van der Waals surface area contributed by atoms with Gasteiger partial charge in [-0.2, -0.15) is 8.42 Å². The van der Waals surface area contributed by atoms with Crippen LogP contribution in [0.2, 0.25) is 0 Å². The fourth-order valence-electron chi connectivity index (χ4n) is 6.62. The molecule has 0 rings (SSSR count). The minimum absolute atomic E-state index is 0.261. The molecule has 316 valence electrons. The molecule has 3 unspecified atom stereocenters. The summed E-state index contributed by atoms with van der Waals surface area (Å²) < 4.78 is 32.6. The number of aliphatic hydroxyl groups is 2. The highest BCUT2D eigenvalue weighted by atomic mass is 32.2. The van der Waals surface area contributed by atoms with Crippen LogP contribution in [-0.4, -0.2) is 53.1 Å². The van der Waals surface area contributed by atoms with Gasteiger partial charge >= 0.3 is 0 Å².